The summed E-state index contributed by atoms with van der Waals surface area (Å²) in [5, 5.41) is 2.08. The van der Waals surface area contributed by atoms with Crippen LogP contribution >= 0.6 is 11.3 Å². The lowest BCUT2D eigenvalue weighted by Crippen LogP contribution is -2.56. The van der Waals surface area contributed by atoms with E-state index in [9.17, 15) is 9.59 Å². The molecule has 2 amide bonds. The van der Waals surface area contributed by atoms with Crippen LogP contribution in [0.2, 0.25) is 0 Å². The topological polar surface area (TPSA) is 49.9 Å². The predicted octanol–water partition coefficient (Wildman–Crippen LogP) is 5.28. The summed E-state index contributed by atoms with van der Waals surface area (Å²) in [6.07, 6.45) is 6.94. The highest BCUT2D eigenvalue weighted by Gasteiger charge is 2.55. The smallest absolute Gasteiger partial charge is 0.242 e. The molecule has 188 valence electrons. The zero-order valence-electron chi connectivity index (χ0n) is 21.1. The van der Waals surface area contributed by atoms with Gasteiger partial charge >= 0.3 is 0 Å². The van der Waals surface area contributed by atoms with E-state index in [0.29, 0.717) is 44.0 Å². The minimum atomic E-state index is -0.253. The second-order valence-electron chi connectivity index (χ2n) is 11.2. The van der Waals surface area contributed by atoms with Crippen molar-refractivity contribution in [3.63, 3.8) is 0 Å². The second kappa shape index (κ2) is 10.4. The normalized spacial score (nSPS) is 26.6. The lowest BCUT2D eigenvalue weighted by atomic mass is 9.49. The molecule has 4 aliphatic carbocycles. The number of aryl methyl sites for hydroxylation is 1. The van der Waals surface area contributed by atoms with E-state index < -0.39 is 0 Å². The van der Waals surface area contributed by atoms with Gasteiger partial charge in [-0.3, -0.25) is 9.59 Å². The van der Waals surface area contributed by atoms with E-state index in [-0.39, 0.29) is 23.8 Å². The highest BCUT2D eigenvalue weighted by atomic mass is 32.1. The van der Waals surface area contributed by atoms with Gasteiger partial charge in [0.15, 0.2) is 0 Å². The van der Waals surface area contributed by atoms with Crippen molar-refractivity contribution in [2.75, 3.05) is 26.8 Å². The third-order valence-electron chi connectivity index (χ3n) is 8.54. The number of nitrogens with zero attached hydrogens (tertiary/aromatic N) is 2. The molecule has 0 N–H and O–H groups in total. The van der Waals surface area contributed by atoms with Crippen molar-refractivity contribution in [1.29, 1.82) is 0 Å². The fourth-order valence-corrected chi connectivity index (χ4v) is 8.12. The molecular weight excluding hydrogens is 456 g/mol. The van der Waals surface area contributed by atoms with Gasteiger partial charge in [0.2, 0.25) is 11.8 Å². The molecule has 0 unspecified atom stereocenters. The minimum Gasteiger partial charge on any atom is -0.383 e. The van der Waals surface area contributed by atoms with Gasteiger partial charge in [-0.2, -0.15) is 0 Å². The summed E-state index contributed by atoms with van der Waals surface area (Å²) in [4.78, 5) is 32.8. The van der Waals surface area contributed by atoms with E-state index in [1.54, 1.807) is 18.4 Å². The molecular formula is C29H38N2O3S. The molecule has 5 nitrogen and oxygen atoms in total. The van der Waals surface area contributed by atoms with Crippen LogP contribution in [-0.4, -0.2) is 48.4 Å². The van der Waals surface area contributed by atoms with Crippen LogP contribution in [0, 0.1) is 30.1 Å². The average molecular weight is 495 g/mol. The molecule has 0 saturated heterocycles. The number of carbonyl (C=O) groups is 2. The summed E-state index contributed by atoms with van der Waals surface area (Å²) in [6.45, 7) is 4.26. The molecule has 1 aromatic carbocycles. The molecule has 0 aliphatic heterocycles. The molecule has 4 fully saturated rings. The maximum Gasteiger partial charge on any atom is 0.242 e. The van der Waals surface area contributed by atoms with Crippen LogP contribution in [-0.2, 0) is 27.4 Å². The molecule has 0 atom stereocenters. The second-order valence-corrected chi connectivity index (χ2v) is 12.2. The van der Waals surface area contributed by atoms with Crippen LogP contribution in [0.15, 0.2) is 41.8 Å². The van der Waals surface area contributed by atoms with Crippen molar-refractivity contribution in [2.45, 2.75) is 58.5 Å². The summed E-state index contributed by atoms with van der Waals surface area (Å²) in [7, 11) is 1.66. The average Bonchev–Trinajstić information content (AvgIpc) is 3.24. The van der Waals surface area contributed by atoms with Crippen molar-refractivity contribution in [3.8, 4) is 0 Å². The minimum absolute atomic E-state index is 0.0100. The van der Waals surface area contributed by atoms with Gasteiger partial charge in [-0.1, -0.05) is 30.3 Å². The van der Waals surface area contributed by atoms with Crippen LogP contribution in [0.1, 0.15) is 54.5 Å². The summed E-state index contributed by atoms with van der Waals surface area (Å²) in [6, 6.07) is 12.2. The third-order valence-corrected chi connectivity index (χ3v) is 9.55. The van der Waals surface area contributed by atoms with E-state index in [2.05, 4.69) is 30.5 Å². The Kier molecular flexibility index (Phi) is 7.31. The van der Waals surface area contributed by atoms with Gasteiger partial charge < -0.3 is 14.5 Å². The zero-order chi connectivity index (χ0) is 24.4. The number of ether oxygens (including phenoxy) is 1. The van der Waals surface area contributed by atoms with Gasteiger partial charge in [-0.25, -0.2) is 0 Å². The van der Waals surface area contributed by atoms with Crippen LogP contribution in [0.4, 0.5) is 0 Å². The Morgan fingerprint density at radius 2 is 1.63 bits per heavy atom. The van der Waals surface area contributed by atoms with Crippen LogP contribution in [0.25, 0.3) is 0 Å². The molecule has 4 aliphatic rings. The van der Waals surface area contributed by atoms with Crippen LogP contribution in [0.5, 0.6) is 0 Å². The quantitative estimate of drug-likeness (QED) is 0.452. The van der Waals surface area contributed by atoms with Crippen molar-refractivity contribution < 1.29 is 14.3 Å². The number of amides is 2. The monoisotopic (exact) mass is 494 g/mol. The van der Waals surface area contributed by atoms with E-state index in [1.165, 1.54) is 29.7 Å². The van der Waals surface area contributed by atoms with Gasteiger partial charge in [0, 0.05) is 25.1 Å². The fraction of sp³-hybridized carbons (Fsp3) is 0.586. The number of carbonyl (C=O) groups excluding carboxylic acids is 2. The molecule has 1 heterocycles. The van der Waals surface area contributed by atoms with E-state index in [0.717, 1.165) is 24.8 Å². The first-order valence-corrected chi connectivity index (χ1v) is 14.0. The number of rotatable bonds is 10. The Bertz CT molecular complexity index is 998. The van der Waals surface area contributed by atoms with Crippen molar-refractivity contribution in [3.05, 3.63) is 57.8 Å². The Labute approximate surface area is 213 Å². The summed E-state index contributed by atoms with van der Waals surface area (Å²) in [5.74, 6) is 2.30. The fourth-order valence-electron chi connectivity index (χ4n) is 7.20. The Balaban J connectivity index is 1.35. The van der Waals surface area contributed by atoms with E-state index >= 15 is 0 Å². The maximum atomic E-state index is 14.1. The van der Waals surface area contributed by atoms with Crippen LogP contribution < -0.4 is 0 Å². The summed E-state index contributed by atoms with van der Waals surface area (Å²) < 4.78 is 5.36. The van der Waals surface area contributed by atoms with Gasteiger partial charge in [-0.05, 0) is 85.8 Å². The predicted molar refractivity (Wildman–Crippen MR) is 139 cm³/mol. The lowest BCUT2D eigenvalue weighted by Gasteiger charge is -2.56. The number of hydrogen-bond donors (Lipinski definition) is 0. The number of thiophene rings is 1. The summed E-state index contributed by atoms with van der Waals surface area (Å²) >= 11 is 1.69. The van der Waals surface area contributed by atoms with Crippen molar-refractivity contribution in [2.24, 2.45) is 23.2 Å². The highest BCUT2D eigenvalue weighted by Crippen LogP contribution is 2.60. The Morgan fingerprint density at radius 3 is 2.20 bits per heavy atom. The van der Waals surface area contributed by atoms with Gasteiger partial charge in [0.05, 0.1) is 25.1 Å². The Morgan fingerprint density at radius 1 is 0.971 bits per heavy atom. The van der Waals surface area contributed by atoms with Gasteiger partial charge in [0.1, 0.15) is 0 Å². The summed E-state index contributed by atoms with van der Waals surface area (Å²) in [5.41, 5.74) is 2.06. The van der Waals surface area contributed by atoms with Crippen molar-refractivity contribution in [1.82, 2.24) is 9.80 Å². The standard InChI is InChI=1S/C29H38N2O3S/c1-21-8-11-35-26(21)19-31(18-22-6-4-3-5-7-22)27(32)20-30(9-10-34-2)28(33)29-15-23-12-24(16-29)14-25(13-23)17-29/h3-8,11,23-25H,9-10,12-20H2,1-2H3. The molecule has 0 spiro atoms. The molecule has 0 radical (unpaired) electrons. The number of benzene rings is 1. The van der Waals surface area contributed by atoms with Crippen LogP contribution in [0.3, 0.4) is 0 Å². The first-order valence-electron chi connectivity index (χ1n) is 13.1. The lowest BCUT2D eigenvalue weighted by molar-refractivity contribution is -0.161. The molecule has 4 saturated carbocycles. The van der Waals surface area contributed by atoms with Gasteiger partial charge in [-0.15, -0.1) is 11.3 Å². The zero-order valence-corrected chi connectivity index (χ0v) is 21.9. The third kappa shape index (κ3) is 5.34. The van der Waals surface area contributed by atoms with Gasteiger partial charge in [0.25, 0.3) is 0 Å². The molecule has 2 aromatic rings. The maximum absolute atomic E-state index is 14.1. The molecule has 6 heteroatoms. The molecule has 4 bridgehead atoms. The SMILES string of the molecule is COCCN(CC(=O)N(Cc1ccccc1)Cc1sccc1C)C(=O)C12CC3CC(CC(C3)C1)C2. The largest absolute Gasteiger partial charge is 0.383 e. The van der Waals surface area contributed by atoms with E-state index in [4.69, 9.17) is 4.74 Å². The first-order chi connectivity index (χ1) is 17.0. The molecule has 6 rings (SSSR count). The molecule has 35 heavy (non-hydrogen) atoms. The van der Waals surface area contributed by atoms with E-state index in [1.807, 2.05) is 28.0 Å². The highest BCUT2D eigenvalue weighted by molar-refractivity contribution is 7.10. The first kappa shape index (κ1) is 24.5. The van der Waals surface area contributed by atoms with Crippen molar-refractivity contribution >= 4 is 23.2 Å². The number of methoxy groups -OCH3 is 1. The molecule has 1 aromatic heterocycles. The Hall–Kier alpha value is -2.18. The number of hydrogen-bond acceptors (Lipinski definition) is 4.